The number of aryl methyl sites for hydroxylation is 1. The van der Waals surface area contributed by atoms with Crippen LogP contribution in [0.2, 0.25) is 0 Å². The van der Waals surface area contributed by atoms with Crippen LogP contribution in [-0.4, -0.2) is 25.8 Å². The van der Waals surface area contributed by atoms with Gasteiger partial charge >= 0.3 is 10.2 Å². The van der Waals surface area contributed by atoms with Crippen molar-refractivity contribution in [3.63, 3.8) is 0 Å². The predicted octanol–water partition coefficient (Wildman–Crippen LogP) is 1.33. The number of nitrogens with zero attached hydrogens (tertiary/aromatic N) is 1. The zero-order valence-corrected chi connectivity index (χ0v) is 10.6. The van der Waals surface area contributed by atoms with E-state index in [0.717, 1.165) is 18.4 Å². The van der Waals surface area contributed by atoms with E-state index in [1.54, 1.807) is 12.1 Å². The monoisotopic (exact) mass is 255 g/mol. The topological polar surface area (TPSA) is 75.4 Å². The third-order valence-electron chi connectivity index (χ3n) is 2.85. The van der Waals surface area contributed by atoms with Crippen molar-refractivity contribution in [2.75, 3.05) is 23.5 Å². The number of nitrogens with one attached hydrogen (secondary N) is 1. The Morgan fingerprint density at radius 1 is 1.29 bits per heavy atom. The minimum atomic E-state index is -3.45. The lowest BCUT2D eigenvalue weighted by atomic mass is 10.2. The van der Waals surface area contributed by atoms with Crippen LogP contribution in [0.15, 0.2) is 18.2 Å². The molecule has 94 valence electrons. The van der Waals surface area contributed by atoms with Gasteiger partial charge in [0.25, 0.3) is 0 Å². The molecule has 0 unspecified atom stereocenters. The number of rotatable bonds is 3. The number of hydrogen-bond donors (Lipinski definition) is 2. The molecule has 0 amide bonds. The summed E-state index contributed by atoms with van der Waals surface area (Å²) in [7, 11) is -3.45. The summed E-state index contributed by atoms with van der Waals surface area (Å²) >= 11 is 0. The minimum Gasteiger partial charge on any atom is -0.397 e. The van der Waals surface area contributed by atoms with E-state index < -0.39 is 10.2 Å². The average Bonchev–Trinajstić information content (AvgIpc) is 2.77. The fourth-order valence-electron chi connectivity index (χ4n) is 1.89. The third-order valence-corrected chi connectivity index (χ3v) is 4.38. The zero-order chi connectivity index (χ0) is 12.5. The maximum absolute atomic E-state index is 12.0. The molecule has 1 aliphatic heterocycles. The summed E-state index contributed by atoms with van der Waals surface area (Å²) in [5.41, 5.74) is 7.62. The standard InChI is InChI=1S/C11H17N3O2S/c1-9-4-5-10(12)11(8-9)13-17(15,16)14-6-2-3-7-14/h4-5,8,13H,2-3,6-7,12H2,1H3. The summed E-state index contributed by atoms with van der Waals surface area (Å²) in [5, 5.41) is 0. The first-order chi connectivity index (χ1) is 7.99. The molecule has 2 rings (SSSR count). The van der Waals surface area contributed by atoms with Gasteiger partial charge in [0, 0.05) is 13.1 Å². The molecule has 1 heterocycles. The Morgan fingerprint density at radius 3 is 2.59 bits per heavy atom. The van der Waals surface area contributed by atoms with Crippen LogP contribution < -0.4 is 10.5 Å². The molecule has 0 saturated carbocycles. The van der Waals surface area contributed by atoms with Crippen molar-refractivity contribution in [2.45, 2.75) is 19.8 Å². The van der Waals surface area contributed by atoms with Crippen molar-refractivity contribution in [3.05, 3.63) is 23.8 Å². The van der Waals surface area contributed by atoms with Gasteiger partial charge in [-0.2, -0.15) is 12.7 Å². The van der Waals surface area contributed by atoms with Gasteiger partial charge < -0.3 is 5.73 Å². The Bertz CT molecular complexity index is 507. The Morgan fingerprint density at radius 2 is 1.94 bits per heavy atom. The first-order valence-corrected chi connectivity index (χ1v) is 7.07. The van der Waals surface area contributed by atoms with Crippen LogP contribution in [0, 0.1) is 6.92 Å². The maximum Gasteiger partial charge on any atom is 0.301 e. The molecule has 0 spiro atoms. The fourth-order valence-corrected chi connectivity index (χ4v) is 3.21. The lowest BCUT2D eigenvalue weighted by Gasteiger charge is -2.18. The lowest BCUT2D eigenvalue weighted by molar-refractivity contribution is 0.482. The van der Waals surface area contributed by atoms with Crippen LogP contribution in [0.4, 0.5) is 11.4 Å². The first-order valence-electron chi connectivity index (χ1n) is 5.63. The summed E-state index contributed by atoms with van der Waals surface area (Å²) in [4.78, 5) is 0. The average molecular weight is 255 g/mol. The van der Waals surface area contributed by atoms with E-state index in [1.165, 1.54) is 4.31 Å². The fraction of sp³-hybridized carbons (Fsp3) is 0.455. The zero-order valence-electron chi connectivity index (χ0n) is 9.81. The van der Waals surface area contributed by atoms with Gasteiger partial charge in [-0.1, -0.05) is 6.07 Å². The minimum absolute atomic E-state index is 0.443. The lowest BCUT2D eigenvalue weighted by Crippen LogP contribution is -2.33. The van der Waals surface area contributed by atoms with E-state index >= 15 is 0 Å². The summed E-state index contributed by atoms with van der Waals surface area (Å²) in [6.45, 7) is 3.06. The Kier molecular flexibility index (Phi) is 3.26. The summed E-state index contributed by atoms with van der Waals surface area (Å²) < 4.78 is 28.0. The van der Waals surface area contributed by atoms with Gasteiger partial charge in [-0.05, 0) is 37.5 Å². The van der Waals surface area contributed by atoms with E-state index in [-0.39, 0.29) is 0 Å². The molecule has 0 atom stereocenters. The van der Waals surface area contributed by atoms with Crippen LogP contribution in [0.1, 0.15) is 18.4 Å². The van der Waals surface area contributed by atoms with Crippen molar-refractivity contribution < 1.29 is 8.42 Å². The second kappa shape index (κ2) is 4.54. The van der Waals surface area contributed by atoms with Crippen molar-refractivity contribution >= 4 is 21.6 Å². The number of benzene rings is 1. The molecule has 1 aromatic carbocycles. The Hall–Kier alpha value is -1.27. The highest BCUT2D eigenvalue weighted by molar-refractivity contribution is 7.90. The van der Waals surface area contributed by atoms with E-state index in [1.807, 2.05) is 13.0 Å². The number of nitrogen functional groups attached to an aromatic ring is 1. The van der Waals surface area contributed by atoms with Gasteiger partial charge in [-0.25, -0.2) is 0 Å². The smallest absolute Gasteiger partial charge is 0.301 e. The molecule has 3 N–H and O–H groups in total. The summed E-state index contributed by atoms with van der Waals surface area (Å²) in [5.74, 6) is 0. The van der Waals surface area contributed by atoms with Crippen molar-refractivity contribution in [1.29, 1.82) is 0 Å². The Labute approximate surface area is 102 Å². The van der Waals surface area contributed by atoms with Gasteiger partial charge in [-0.3, -0.25) is 4.72 Å². The molecule has 1 aliphatic rings. The van der Waals surface area contributed by atoms with Crippen LogP contribution in [0.5, 0.6) is 0 Å². The van der Waals surface area contributed by atoms with Gasteiger partial charge in [0.2, 0.25) is 0 Å². The molecular weight excluding hydrogens is 238 g/mol. The maximum atomic E-state index is 12.0. The van der Waals surface area contributed by atoms with Gasteiger partial charge in [0.15, 0.2) is 0 Å². The first kappa shape index (κ1) is 12.2. The summed E-state index contributed by atoms with van der Waals surface area (Å²) in [6, 6.07) is 5.29. The van der Waals surface area contributed by atoms with Crippen LogP contribution in [-0.2, 0) is 10.2 Å². The van der Waals surface area contributed by atoms with Gasteiger partial charge in [-0.15, -0.1) is 0 Å². The van der Waals surface area contributed by atoms with Crippen molar-refractivity contribution in [1.82, 2.24) is 4.31 Å². The van der Waals surface area contributed by atoms with E-state index in [4.69, 9.17) is 5.73 Å². The largest absolute Gasteiger partial charge is 0.397 e. The number of nitrogens with two attached hydrogens (primary N) is 1. The second-order valence-electron chi connectivity index (χ2n) is 4.30. The van der Waals surface area contributed by atoms with Crippen LogP contribution in [0.3, 0.4) is 0 Å². The normalized spacial score (nSPS) is 17.2. The highest BCUT2D eigenvalue weighted by Gasteiger charge is 2.25. The molecule has 5 nitrogen and oxygen atoms in total. The molecule has 0 radical (unpaired) electrons. The van der Waals surface area contributed by atoms with Crippen molar-refractivity contribution in [2.24, 2.45) is 0 Å². The molecule has 0 aromatic heterocycles. The number of anilines is 2. The van der Waals surface area contributed by atoms with Gasteiger partial charge in [0.1, 0.15) is 0 Å². The highest BCUT2D eigenvalue weighted by Crippen LogP contribution is 2.23. The quantitative estimate of drug-likeness (QED) is 0.800. The van der Waals surface area contributed by atoms with Gasteiger partial charge in [0.05, 0.1) is 11.4 Å². The van der Waals surface area contributed by atoms with Crippen LogP contribution >= 0.6 is 0 Å². The number of hydrogen-bond acceptors (Lipinski definition) is 3. The Balaban J connectivity index is 2.22. The highest BCUT2D eigenvalue weighted by atomic mass is 32.2. The SMILES string of the molecule is Cc1ccc(N)c(NS(=O)(=O)N2CCCC2)c1. The summed E-state index contributed by atoms with van der Waals surface area (Å²) in [6.07, 6.45) is 1.84. The molecule has 1 aromatic rings. The molecule has 6 heteroatoms. The molecule has 0 bridgehead atoms. The van der Waals surface area contributed by atoms with E-state index in [9.17, 15) is 8.42 Å². The molecule has 17 heavy (non-hydrogen) atoms. The molecule has 1 fully saturated rings. The van der Waals surface area contributed by atoms with E-state index in [0.29, 0.717) is 24.5 Å². The predicted molar refractivity (Wildman–Crippen MR) is 68.9 cm³/mol. The van der Waals surface area contributed by atoms with Crippen molar-refractivity contribution in [3.8, 4) is 0 Å². The third kappa shape index (κ3) is 2.70. The molecule has 0 aliphatic carbocycles. The molecule has 1 saturated heterocycles. The molecular formula is C11H17N3O2S. The second-order valence-corrected chi connectivity index (χ2v) is 5.97. The van der Waals surface area contributed by atoms with E-state index in [2.05, 4.69) is 4.72 Å². The van der Waals surface area contributed by atoms with Crippen LogP contribution in [0.25, 0.3) is 0 Å².